The van der Waals surface area contributed by atoms with Gasteiger partial charge in [-0.15, -0.1) is 11.3 Å². The zero-order valence-electron chi connectivity index (χ0n) is 31.1. The summed E-state index contributed by atoms with van der Waals surface area (Å²) < 4.78 is 5.20. The van der Waals surface area contributed by atoms with Crippen LogP contribution in [0.2, 0.25) is 0 Å². The number of hydrogen-bond donors (Lipinski definition) is 0. The number of para-hydroxylation sites is 2. The predicted octanol–water partition coefficient (Wildman–Crippen LogP) is 15.2. The highest BCUT2D eigenvalue weighted by Gasteiger charge is 2.39. The Bertz CT molecular complexity index is 3310. The molecule has 0 aliphatic heterocycles. The van der Waals surface area contributed by atoms with E-state index in [2.05, 4.69) is 205 Å². The highest BCUT2D eigenvalue weighted by atomic mass is 32.1. The fourth-order valence-electron chi connectivity index (χ4n) is 9.87. The van der Waals surface area contributed by atoms with Crippen molar-refractivity contribution in [1.29, 1.82) is 0 Å². The summed E-state index contributed by atoms with van der Waals surface area (Å²) >= 11 is 1.88. The molecule has 1 aliphatic carbocycles. The van der Waals surface area contributed by atoms with Gasteiger partial charge in [0.1, 0.15) is 0 Å². The fraction of sp³-hybridized carbons (Fsp3) is 0.0566. The van der Waals surface area contributed by atoms with E-state index in [0.29, 0.717) is 0 Å². The summed E-state index contributed by atoms with van der Waals surface area (Å²) in [7, 11) is 0. The van der Waals surface area contributed by atoms with E-state index in [-0.39, 0.29) is 5.41 Å². The molecule has 9 aromatic carbocycles. The first-order valence-corrected chi connectivity index (χ1v) is 20.3. The molecule has 1 aliphatic rings. The Morgan fingerprint density at radius 2 is 1.21 bits per heavy atom. The minimum atomic E-state index is -0.159. The number of aromatic nitrogens is 1. The van der Waals surface area contributed by atoms with Crippen molar-refractivity contribution in [2.75, 3.05) is 4.90 Å². The van der Waals surface area contributed by atoms with Gasteiger partial charge in [-0.1, -0.05) is 135 Å². The molecule has 2 nitrogen and oxygen atoms in total. The zero-order chi connectivity index (χ0) is 37.1. The van der Waals surface area contributed by atoms with Gasteiger partial charge < -0.3 is 9.47 Å². The Labute approximate surface area is 329 Å². The normalized spacial score (nSPS) is 13.3. The summed E-state index contributed by atoms with van der Waals surface area (Å²) in [5, 5.41) is 7.82. The number of anilines is 3. The second-order valence-corrected chi connectivity index (χ2v) is 16.7. The van der Waals surface area contributed by atoms with Crippen molar-refractivity contribution in [3.05, 3.63) is 193 Å². The molecule has 0 spiro atoms. The summed E-state index contributed by atoms with van der Waals surface area (Å²) in [4.78, 5) is 2.44. The number of benzene rings is 9. The quantitative estimate of drug-likeness (QED) is 0.160. The van der Waals surface area contributed by atoms with Crippen molar-refractivity contribution >= 4 is 81.1 Å². The molecule has 264 valence electrons. The first kappa shape index (κ1) is 31.6. The van der Waals surface area contributed by atoms with Crippen molar-refractivity contribution < 1.29 is 0 Å². The van der Waals surface area contributed by atoms with Crippen LogP contribution in [0, 0.1) is 0 Å². The number of hydrogen-bond acceptors (Lipinski definition) is 2. The van der Waals surface area contributed by atoms with Crippen LogP contribution in [-0.4, -0.2) is 4.57 Å². The van der Waals surface area contributed by atoms with Gasteiger partial charge in [0.2, 0.25) is 0 Å². The first-order valence-electron chi connectivity index (χ1n) is 19.4. The Balaban J connectivity index is 1.10. The standard InChI is InChI=1S/C53H36N2S/c1-53(2)44-22-11-9-18-39(44)43-32-34-26-29-42-45(30-31-46-49(42)48(34)51(50(43)53)55(46)36-16-7-4-8-17-36)54(35-14-5-3-6-15-35)37-27-24-33(25-28-37)38-20-13-21-41-40-19-10-12-23-47(40)56-52(38)41/h3-32H,1-2H3. The lowest BCUT2D eigenvalue weighted by atomic mass is 9.81. The molecule has 0 radical (unpaired) electrons. The maximum absolute atomic E-state index is 2.54. The number of nitrogens with zero attached hydrogens (tertiary/aromatic N) is 2. The molecular formula is C53H36N2S. The van der Waals surface area contributed by atoms with Gasteiger partial charge in [0.25, 0.3) is 0 Å². The lowest BCUT2D eigenvalue weighted by molar-refractivity contribution is 0.664. The van der Waals surface area contributed by atoms with Gasteiger partial charge in [-0.05, 0) is 99.4 Å². The molecule has 56 heavy (non-hydrogen) atoms. The van der Waals surface area contributed by atoms with Crippen LogP contribution in [0.15, 0.2) is 182 Å². The lowest BCUT2D eigenvalue weighted by Gasteiger charge is -2.27. The molecule has 0 bridgehead atoms. The van der Waals surface area contributed by atoms with Crippen LogP contribution in [0.25, 0.3) is 80.7 Å². The average Bonchev–Trinajstić information content (AvgIpc) is 3.88. The first-order chi connectivity index (χ1) is 27.6. The molecule has 0 N–H and O–H groups in total. The lowest BCUT2D eigenvalue weighted by Crippen LogP contribution is -2.16. The molecule has 0 saturated carbocycles. The van der Waals surface area contributed by atoms with Crippen molar-refractivity contribution in [3.63, 3.8) is 0 Å². The minimum absolute atomic E-state index is 0.159. The Kier molecular flexibility index (Phi) is 6.59. The maximum atomic E-state index is 2.54. The van der Waals surface area contributed by atoms with Gasteiger partial charge in [0.05, 0.1) is 16.7 Å². The van der Waals surface area contributed by atoms with Gasteiger partial charge in [0, 0.05) is 58.8 Å². The smallest absolute Gasteiger partial charge is 0.0594 e. The average molecular weight is 733 g/mol. The largest absolute Gasteiger partial charge is 0.310 e. The molecule has 12 rings (SSSR count). The van der Waals surface area contributed by atoms with E-state index in [0.717, 1.165) is 11.4 Å². The minimum Gasteiger partial charge on any atom is -0.310 e. The van der Waals surface area contributed by atoms with Gasteiger partial charge >= 0.3 is 0 Å². The second-order valence-electron chi connectivity index (χ2n) is 15.7. The van der Waals surface area contributed by atoms with Crippen LogP contribution in [0.3, 0.4) is 0 Å². The van der Waals surface area contributed by atoms with Gasteiger partial charge in [-0.25, -0.2) is 0 Å². The van der Waals surface area contributed by atoms with Crippen LogP contribution in [0.5, 0.6) is 0 Å². The summed E-state index contributed by atoms with van der Waals surface area (Å²) in [6, 6.07) is 67.3. The van der Waals surface area contributed by atoms with Crippen molar-refractivity contribution in [2.24, 2.45) is 0 Å². The van der Waals surface area contributed by atoms with Gasteiger partial charge in [-0.3, -0.25) is 0 Å². The predicted molar refractivity (Wildman–Crippen MR) is 240 cm³/mol. The van der Waals surface area contributed by atoms with Crippen LogP contribution in [0.4, 0.5) is 17.1 Å². The molecule has 11 aromatic rings. The monoisotopic (exact) mass is 732 g/mol. The molecule has 3 heteroatoms. The van der Waals surface area contributed by atoms with E-state index >= 15 is 0 Å². The van der Waals surface area contributed by atoms with Gasteiger partial charge in [0.15, 0.2) is 0 Å². The third-order valence-electron chi connectivity index (χ3n) is 12.3. The zero-order valence-corrected chi connectivity index (χ0v) is 31.9. The fourth-order valence-corrected chi connectivity index (χ4v) is 11.1. The van der Waals surface area contributed by atoms with E-state index in [1.807, 2.05) is 11.3 Å². The van der Waals surface area contributed by atoms with Crippen LogP contribution < -0.4 is 4.90 Å². The second kappa shape index (κ2) is 11.7. The Morgan fingerprint density at radius 3 is 2.05 bits per heavy atom. The Morgan fingerprint density at radius 1 is 0.518 bits per heavy atom. The molecule has 2 aromatic heterocycles. The SMILES string of the molecule is CC1(C)c2ccccc2-c2cc3ccc4c(N(c5ccccc5)c5ccc(-c6cccc7c6sc6ccccc67)cc5)ccc5c4c3c(c21)n5-c1ccccc1. The van der Waals surface area contributed by atoms with Gasteiger partial charge in [-0.2, -0.15) is 0 Å². The van der Waals surface area contributed by atoms with Crippen LogP contribution >= 0.6 is 11.3 Å². The summed E-state index contributed by atoms with van der Waals surface area (Å²) in [5.74, 6) is 0. The van der Waals surface area contributed by atoms with Crippen LogP contribution in [0.1, 0.15) is 25.0 Å². The van der Waals surface area contributed by atoms with E-state index in [4.69, 9.17) is 0 Å². The van der Waals surface area contributed by atoms with E-state index in [1.54, 1.807) is 0 Å². The van der Waals surface area contributed by atoms with Crippen molar-refractivity contribution in [1.82, 2.24) is 4.57 Å². The third-order valence-corrected chi connectivity index (χ3v) is 13.5. The molecular weight excluding hydrogens is 697 g/mol. The van der Waals surface area contributed by atoms with Crippen molar-refractivity contribution in [2.45, 2.75) is 19.3 Å². The highest BCUT2D eigenvalue weighted by Crippen LogP contribution is 2.56. The molecule has 0 saturated heterocycles. The maximum Gasteiger partial charge on any atom is 0.0594 e. The molecule has 0 unspecified atom stereocenters. The summed E-state index contributed by atoms with van der Waals surface area (Å²) in [5.41, 5.74) is 15.0. The number of thiophene rings is 1. The third kappa shape index (κ3) is 4.32. The molecule has 0 atom stereocenters. The number of fused-ring (bicyclic) bond motifs is 7. The summed E-state index contributed by atoms with van der Waals surface area (Å²) in [6.07, 6.45) is 0. The highest BCUT2D eigenvalue weighted by molar-refractivity contribution is 7.26. The summed E-state index contributed by atoms with van der Waals surface area (Å²) in [6.45, 7) is 4.81. The van der Waals surface area contributed by atoms with E-state index < -0.39 is 0 Å². The number of rotatable bonds is 5. The molecule has 2 heterocycles. The molecule has 0 fully saturated rings. The van der Waals surface area contributed by atoms with Crippen molar-refractivity contribution in [3.8, 4) is 27.9 Å². The van der Waals surface area contributed by atoms with Crippen LogP contribution in [-0.2, 0) is 5.41 Å². The Hall–Kier alpha value is -6.68. The molecule has 0 amide bonds. The van der Waals surface area contributed by atoms with E-state index in [9.17, 15) is 0 Å². The topological polar surface area (TPSA) is 8.17 Å². The van der Waals surface area contributed by atoms with E-state index in [1.165, 1.54) is 97.5 Å².